The molecule has 3 rings (SSSR count). The maximum absolute atomic E-state index is 13.1. The van der Waals surface area contributed by atoms with Gasteiger partial charge in [0.1, 0.15) is 5.57 Å². The number of benzene rings is 2. The number of halogens is 1. The van der Waals surface area contributed by atoms with Gasteiger partial charge in [0, 0.05) is 0 Å². The smallest absolute Gasteiger partial charge is 0.335 e. The van der Waals surface area contributed by atoms with Crippen molar-refractivity contribution >= 4 is 52.2 Å². The molecule has 2 aromatic carbocycles. The predicted molar refractivity (Wildman–Crippen MR) is 122 cm³/mol. The average Bonchev–Trinajstić information content (AvgIpc) is 2.68. The fraction of sp³-hybridized carbons (Fsp3) is 0.227. The van der Waals surface area contributed by atoms with Gasteiger partial charge in [-0.2, -0.15) is 0 Å². The van der Waals surface area contributed by atoms with Crippen LogP contribution in [0.2, 0.25) is 0 Å². The van der Waals surface area contributed by atoms with Gasteiger partial charge in [-0.15, -0.1) is 0 Å². The number of ether oxygens (including phenoxy) is 2. The van der Waals surface area contributed by atoms with Gasteiger partial charge in [0.25, 0.3) is 11.8 Å². The van der Waals surface area contributed by atoms with E-state index in [-0.39, 0.29) is 5.57 Å². The molecule has 0 atom stereocenters. The Bertz CT molecular complexity index is 1080. The third kappa shape index (κ3) is 4.18. The summed E-state index contributed by atoms with van der Waals surface area (Å²) in [5.74, 6) is -0.344. The maximum Gasteiger partial charge on any atom is 0.335 e. The number of nitrogens with one attached hydrogen (secondary N) is 1. The number of hydrogen-bond acceptors (Lipinski definition) is 5. The molecule has 8 heteroatoms. The molecule has 0 spiro atoms. The minimum Gasteiger partial charge on any atom is -0.493 e. The second-order valence-corrected chi connectivity index (χ2v) is 7.88. The van der Waals surface area contributed by atoms with E-state index in [1.807, 2.05) is 32.9 Å². The van der Waals surface area contributed by atoms with E-state index in [1.54, 1.807) is 18.2 Å². The van der Waals surface area contributed by atoms with Gasteiger partial charge in [-0.25, -0.2) is 9.69 Å². The summed E-state index contributed by atoms with van der Waals surface area (Å²) in [5, 5.41) is 2.25. The van der Waals surface area contributed by atoms with Crippen molar-refractivity contribution in [1.29, 1.82) is 0 Å². The van der Waals surface area contributed by atoms with Crippen molar-refractivity contribution in [3.05, 3.63) is 56.2 Å². The molecular formula is C22H21IN2O5. The lowest BCUT2D eigenvalue weighted by Crippen LogP contribution is -2.54. The highest BCUT2D eigenvalue weighted by molar-refractivity contribution is 14.1. The van der Waals surface area contributed by atoms with Crippen LogP contribution >= 0.6 is 22.6 Å². The Labute approximate surface area is 188 Å². The summed E-state index contributed by atoms with van der Waals surface area (Å²) in [6.07, 6.45) is 1.45. The molecule has 0 bridgehead atoms. The fourth-order valence-corrected chi connectivity index (χ4v) is 3.99. The number of imide groups is 2. The standard InChI is InChI=1S/C22H21IN2O5/c1-5-30-19-16(23)10-14(11-18(19)29-4)9-15-20(26)24-22(28)25(21(15)27)17-7-6-12(2)8-13(17)3/h6-11H,5H2,1-4H3,(H,24,26,28)/b15-9+. The first kappa shape index (κ1) is 21.8. The van der Waals surface area contributed by atoms with Crippen LogP contribution < -0.4 is 19.7 Å². The third-order valence-corrected chi connectivity index (χ3v) is 5.35. The van der Waals surface area contributed by atoms with Crippen LogP contribution in [0.3, 0.4) is 0 Å². The summed E-state index contributed by atoms with van der Waals surface area (Å²) in [7, 11) is 1.52. The molecule has 7 nitrogen and oxygen atoms in total. The van der Waals surface area contributed by atoms with E-state index >= 15 is 0 Å². The van der Waals surface area contributed by atoms with E-state index in [0.717, 1.165) is 19.6 Å². The highest BCUT2D eigenvalue weighted by Crippen LogP contribution is 2.35. The van der Waals surface area contributed by atoms with Crippen LogP contribution in [0, 0.1) is 17.4 Å². The summed E-state index contributed by atoms with van der Waals surface area (Å²) in [5.41, 5.74) is 2.62. The van der Waals surface area contributed by atoms with Crippen molar-refractivity contribution in [3.8, 4) is 11.5 Å². The topological polar surface area (TPSA) is 84.9 Å². The molecule has 0 saturated carbocycles. The van der Waals surface area contributed by atoms with Gasteiger partial charge in [0.2, 0.25) is 0 Å². The molecule has 4 amide bonds. The van der Waals surface area contributed by atoms with Gasteiger partial charge in [-0.1, -0.05) is 17.7 Å². The normalized spacial score (nSPS) is 15.4. The summed E-state index contributed by atoms with van der Waals surface area (Å²) in [4.78, 5) is 39.0. The van der Waals surface area contributed by atoms with Gasteiger partial charge < -0.3 is 9.47 Å². The molecule has 2 aromatic rings. The highest BCUT2D eigenvalue weighted by atomic mass is 127. The van der Waals surface area contributed by atoms with E-state index in [0.29, 0.717) is 29.4 Å². The first-order valence-electron chi connectivity index (χ1n) is 9.25. The molecule has 1 aliphatic heterocycles. The van der Waals surface area contributed by atoms with E-state index in [4.69, 9.17) is 9.47 Å². The highest BCUT2D eigenvalue weighted by Gasteiger charge is 2.37. The molecule has 1 saturated heterocycles. The van der Waals surface area contributed by atoms with Crippen molar-refractivity contribution in [2.75, 3.05) is 18.6 Å². The molecule has 0 unspecified atom stereocenters. The molecule has 1 fully saturated rings. The van der Waals surface area contributed by atoms with E-state index in [1.165, 1.54) is 13.2 Å². The zero-order valence-corrected chi connectivity index (χ0v) is 19.2. The minimum atomic E-state index is -0.770. The number of nitrogens with zero attached hydrogens (tertiary/aromatic N) is 1. The number of urea groups is 1. The number of carbonyl (C=O) groups excluding carboxylic acids is 3. The van der Waals surface area contributed by atoms with E-state index in [9.17, 15) is 14.4 Å². The van der Waals surface area contributed by atoms with Crippen LogP contribution in [0.5, 0.6) is 11.5 Å². The molecule has 0 radical (unpaired) electrons. The van der Waals surface area contributed by atoms with Crippen molar-refractivity contribution < 1.29 is 23.9 Å². The first-order valence-corrected chi connectivity index (χ1v) is 10.3. The number of carbonyl (C=O) groups is 3. The minimum absolute atomic E-state index is 0.142. The van der Waals surface area contributed by atoms with Crippen LogP contribution in [0.15, 0.2) is 35.9 Å². The summed E-state index contributed by atoms with van der Waals surface area (Å²) >= 11 is 2.10. The van der Waals surface area contributed by atoms with Gasteiger partial charge in [-0.05, 0) is 78.8 Å². The second-order valence-electron chi connectivity index (χ2n) is 6.71. The van der Waals surface area contributed by atoms with E-state index < -0.39 is 17.8 Å². The number of barbiturate groups is 1. The van der Waals surface area contributed by atoms with Crippen molar-refractivity contribution in [2.45, 2.75) is 20.8 Å². The molecule has 1 heterocycles. The largest absolute Gasteiger partial charge is 0.493 e. The molecule has 1 aliphatic rings. The maximum atomic E-state index is 13.1. The fourth-order valence-electron chi connectivity index (χ4n) is 3.21. The van der Waals surface area contributed by atoms with Crippen LogP contribution in [0.1, 0.15) is 23.6 Å². The predicted octanol–water partition coefficient (Wildman–Crippen LogP) is 3.98. The van der Waals surface area contributed by atoms with Gasteiger partial charge in [0.05, 0.1) is 23.0 Å². The molecule has 156 valence electrons. The zero-order chi connectivity index (χ0) is 22.0. The number of methoxy groups -OCH3 is 1. The number of amides is 4. The zero-order valence-electron chi connectivity index (χ0n) is 17.0. The number of anilines is 1. The third-order valence-electron chi connectivity index (χ3n) is 4.55. The quantitative estimate of drug-likeness (QED) is 0.367. The molecule has 1 N–H and O–H groups in total. The molecule has 0 aromatic heterocycles. The Morgan fingerprint density at radius 3 is 2.50 bits per heavy atom. The second kappa shape index (κ2) is 8.86. The SMILES string of the molecule is CCOc1c(I)cc(/C=C2\C(=O)NC(=O)N(c3ccc(C)cc3C)C2=O)cc1OC. The summed E-state index contributed by atoms with van der Waals surface area (Å²) in [6.45, 7) is 6.07. The lowest BCUT2D eigenvalue weighted by molar-refractivity contribution is -0.122. The molecule has 0 aliphatic carbocycles. The Kier molecular flexibility index (Phi) is 6.45. The van der Waals surface area contributed by atoms with Crippen molar-refractivity contribution in [1.82, 2.24) is 5.32 Å². The number of aryl methyl sites for hydroxylation is 2. The van der Waals surface area contributed by atoms with Gasteiger partial charge in [-0.3, -0.25) is 14.9 Å². The number of hydrogen-bond donors (Lipinski definition) is 1. The summed E-state index contributed by atoms with van der Waals surface area (Å²) < 4.78 is 11.8. The molecule has 30 heavy (non-hydrogen) atoms. The summed E-state index contributed by atoms with van der Waals surface area (Å²) in [6, 6.07) is 8.06. The molecular weight excluding hydrogens is 499 g/mol. The van der Waals surface area contributed by atoms with Crippen LogP contribution in [-0.2, 0) is 9.59 Å². The van der Waals surface area contributed by atoms with Gasteiger partial charge in [0.15, 0.2) is 11.5 Å². The lowest BCUT2D eigenvalue weighted by Gasteiger charge is -2.27. The Balaban J connectivity index is 2.06. The lowest BCUT2D eigenvalue weighted by atomic mass is 10.0. The van der Waals surface area contributed by atoms with Gasteiger partial charge >= 0.3 is 6.03 Å². The van der Waals surface area contributed by atoms with E-state index in [2.05, 4.69) is 27.9 Å². The van der Waals surface area contributed by atoms with Crippen LogP contribution in [-0.4, -0.2) is 31.6 Å². The van der Waals surface area contributed by atoms with Crippen molar-refractivity contribution in [3.63, 3.8) is 0 Å². The van der Waals surface area contributed by atoms with Crippen molar-refractivity contribution in [2.24, 2.45) is 0 Å². The Morgan fingerprint density at radius 1 is 1.13 bits per heavy atom. The average molecular weight is 520 g/mol. The Hall–Kier alpha value is -2.88. The number of rotatable bonds is 5. The first-order chi connectivity index (χ1) is 14.3. The van der Waals surface area contributed by atoms with Crippen LogP contribution in [0.25, 0.3) is 6.08 Å². The van der Waals surface area contributed by atoms with Crippen LogP contribution in [0.4, 0.5) is 10.5 Å². The monoisotopic (exact) mass is 520 g/mol. The Morgan fingerprint density at radius 2 is 1.87 bits per heavy atom.